The van der Waals surface area contributed by atoms with E-state index < -0.39 is 11.5 Å². The van der Waals surface area contributed by atoms with Gasteiger partial charge in [-0.05, 0) is 38.5 Å². The molecule has 0 aromatic heterocycles. The van der Waals surface area contributed by atoms with Gasteiger partial charge in [0.15, 0.2) is 0 Å². The molecule has 6 nitrogen and oxygen atoms in total. The predicted octanol–water partition coefficient (Wildman–Crippen LogP) is 2.24. The van der Waals surface area contributed by atoms with E-state index in [1.807, 2.05) is 45.0 Å². The number of para-hydroxylation sites is 1. The first kappa shape index (κ1) is 17.8. The maximum atomic E-state index is 12.1. The molecule has 24 heavy (non-hydrogen) atoms. The van der Waals surface area contributed by atoms with Crippen molar-refractivity contribution in [2.75, 3.05) is 31.1 Å². The lowest BCUT2D eigenvalue weighted by atomic mass is 10.1. The van der Waals surface area contributed by atoms with Crippen LogP contribution in [0.1, 0.15) is 26.3 Å². The van der Waals surface area contributed by atoms with Gasteiger partial charge in [-0.1, -0.05) is 18.2 Å². The Morgan fingerprint density at radius 1 is 1.12 bits per heavy atom. The number of carbonyl (C=O) groups excluding carboxylic acids is 2. The van der Waals surface area contributed by atoms with Gasteiger partial charge in [-0.3, -0.25) is 4.79 Å². The van der Waals surface area contributed by atoms with Crippen LogP contribution in [0.15, 0.2) is 30.3 Å². The van der Waals surface area contributed by atoms with Crippen LogP contribution in [0.25, 0.3) is 6.08 Å². The Bertz CT molecular complexity index is 627. The van der Waals surface area contributed by atoms with E-state index in [9.17, 15) is 9.59 Å². The van der Waals surface area contributed by atoms with Crippen molar-refractivity contribution in [2.24, 2.45) is 5.73 Å². The van der Waals surface area contributed by atoms with E-state index in [-0.39, 0.29) is 6.09 Å². The van der Waals surface area contributed by atoms with Crippen molar-refractivity contribution in [1.29, 1.82) is 0 Å². The molecule has 0 aliphatic carbocycles. The van der Waals surface area contributed by atoms with Crippen molar-refractivity contribution in [3.63, 3.8) is 0 Å². The molecular weight excluding hydrogens is 306 g/mol. The number of hydrogen-bond acceptors (Lipinski definition) is 4. The number of rotatable bonds is 3. The van der Waals surface area contributed by atoms with Gasteiger partial charge in [0, 0.05) is 37.9 Å². The zero-order valence-corrected chi connectivity index (χ0v) is 14.5. The molecule has 0 atom stereocenters. The van der Waals surface area contributed by atoms with Crippen LogP contribution < -0.4 is 10.6 Å². The lowest BCUT2D eigenvalue weighted by molar-refractivity contribution is -0.113. The van der Waals surface area contributed by atoms with Crippen molar-refractivity contribution in [3.8, 4) is 0 Å². The van der Waals surface area contributed by atoms with E-state index >= 15 is 0 Å². The molecule has 1 fully saturated rings. The highest BCUT2D eigenvalue weighted by atomic mass is 16.6. The van der Waals surface area contributed by atoms with Crippen LogP contribution in [-0.4, -0.2) is 48.7 Å². The van der Waals surface area contributed by atoms with Gasteiger partial charge in [0.05, 0.1) is 0 Å². The lowest BCUT2D eigenvalue weighted by Crippen LogP contribution is -2.50. The van der Waals surface area contributed by atoms with E-state index in [0.29, 0.717) is 26.2 Å². The van der Waals surface area contributed by atoms with Crippen LogP contribution in [0.3, 0.4) is 0 Å². The Morgan fingerprint density at radius 3 is 2.33 bits per heavy atom. The summed E-state index contributed by atoms with van der Waals surface area (Å²) in [5.41, 5.74) is 6.65. The van der Waals surface area contributed by atoms with Gasteiger partial charge in [0.1, 0.15) is 5.60 Å². The van der Waals surface area contributed by atoms with E-state index in [2.05, 4.69) is 4.90 Å². The maximum Gasteiger partial charge on any atom is 0.410 e. The summed E-state index contributed by atoms with van der Waals surface area (Å²) in [6.07, 6.45) is 2.80. The number of amides is 2. The number of hydrogen-bond donors (Lipinski definition) is 1. The normalized spacial score (nSPS) is 15.6. The topological polar surface area (TPSA) is 75.9 Å². The van der Waals surface area contributed by atoms with Crippen LogP contribution in [0.5, 0.6) is 0 Å². The van der Waals surface area contributed by atoms with Crippen LogP contribution in [-0.2, 0) is 9.53 Å². The Balaban J connectivity index is 2.02. The predicted molar refractivity (Wildman–Crippen MR) is 94.7 cm³/mol. The third kappa shape index (κ3) is 5.01. The monoisotopic (exact) mass is 331 g/mol. The molecule has 1 aliphatic rings. The zero-order chi connectivity index (χ0) is 17.7. The van der Waals surface area contributed by atoms with E-state index in [1.54, 1.807) is 11.0 Å². The molecule has 2 amide bonds. The second-order valence-corrected chi connectivity index (χ2v) is 6.75. The summed E-state index contributed by atoms with van der Waals surface area (Å²) in [5, 5.41) is 0. The summed E-state index contributed by atoms with van der Waals surface area (Å²) < 4.78 is 5.41. The van der Waals surface area contributed by atoms with Gasteiger partial charge in [-0.25, -0.2) is 4.79 Å². The molecule has 2 N–H and O–H groups in total. The summed E-state index contributed by atoms with van der Waals surface area (Å²) >= 11 is 0. The molecular formula is C18H25N3O3. The molecule has 1 saturated heterocycles. The van der Waals surface area contributed by atoms with E-state index in [1.165, 1.54) is 6.08 Å². The Hall–Kier alpha value is -2.50. The molecule has 6 heteroatoms. The summed E-state index contributed by atoms with van der Waals surface area (Å²) in [4.78, 5) is 27.0. The molecule has 1 aromatic carbocycles. The molecule has 0 bridgehead atoms. The van der Waals surface area contributed by atoms with Crippen molar-refractivity contribution in [1.82, 2.24) is 4.90 Å². The van der Waals surface area contributed by atoms with Gasteiger partial charge in [-0.2, -0.15) is 0 Å². The minimum absolute atomic E-state index is 0.274. The maximum absolute atomic E-state index is 12.1. The zero-order valence-electron chi connectivity index (χ0n) is 14.5. The smallest absolute Gasteiger partial charge is 0.410 e. The van der Waals surface area contributed by atoms with Crippen molar-refractivity contribution < 1.29 is 14.3 Å². The minimum atomic E-state index is -0.486. The van der Waals surface area contributed by atoms with Crippen molar-refractivity contribution >= 4 is 23.8 Å². The fraction of sp³-hybridized carbons (Fsp3) is 0.444. The van der Waals surface area contributed by atoms with Crippen LogP contribution in [0.4, 0.5) is 10.5 Å². The van der Waals surface area contributed by atoms with Gasteiger partial charge in [0.2, 0.25) is 5.91 Å². The summed E-state index contributed by atoms with van der Waals surface area (Å²) in [6, 6.07) is 7.82. The summed E-state index contributed by atoms with van der Waals surface area (Å²) in [5.74, 6) is -0.473. The Labute approximate surface area is 142 Å². The van der Waals surface area contributed by atoms with Gasteiger partial charge in [0.25, 0.3) is 0 Å². The van der Waals surface area contributed by atoms with Crippen molar-refractivity contribution in [3.05, 3.63) is 35.9 Å². The molecule has 0 saturated carbocycles. The molecule has 0 unspecified atom stereocenters. The van der Waals surface area contributed by atoms with Gasteiger partial charge < -0.3 is 20.3 Å². The van der Waals surface area contributed by atoms with Crippen LogP contribution in [0.2, 0.25) is 0 Å². The lowest BCUT2D eigenvalue weighted by Gasteiger charge is -2.37. The molecule has 2 rings (SSSR count). The number of benzene rings is 1. The number of carbonyl (C=O) groups is 2. The molecule has 1 aliphatic heterocycles. The second kappa shape index (κ2) is 7.38. The average Bonchev–Trinajstić information content (AvgIpc) is 2.52. The summed E-state index contributed by atoms with van der Waals surface area (Å²) in [7, 11) is 0. The number of primary amides is 1. The average molecular weight is 331 g/mol. The largest absolute Gasteiger partial charge is 0.444 e. The first-order valence-electron chi connectivity index (χ1n) is 8.06. The summed E-state index contributed by atoms with van der Waals surface area (Å²) in [6.45, 7) is 8.21. The first-order valence-corrected chi connectivity index (χ1v) is 8.06. The highest BCUT2D eigenvalue weighted by molar-refractivity contribution is 5.91. The number of nitrogens with zero attached hydrogens (tertiary/aromatic N) is 2. The van der Waals surface area contributed by atoms with Crippen LogP contribution in [0, 0.1) is 0 Å². The fourth-order valence-corrected chi connectivity index (χ4v) is 2.54. The van der Waals surface area contributed by atoms with Crippen LogP contribution >= 0.6 is 0 Å². The highest BCUT2D eigenvalue weighted by Gasteiger charge is 2.26. The molecule has 0 spiro atoms. The Morgan fingerprint density at radius 2 is 1.75 bits per heavy atom. The molecule has 1 aromatic rings. The number of anilines is 1. The standard InChI is InChI=1S/C18H25N3O3/c1-18(2,3)24-17(23)21-12-10-20(11-13-21)15-7-5-4-6-14(15)8-9-16(19)22/h4-9H,10-13H2,1-3H3,(H2,19,22)/b9-8-. The highest BCUT2D eigenvalue weighted by Crippen LogP contribution is 2.23. The quantitative estimate of drug-likeness (QED) is 0.862. The van der Waals surface area contributed by atoms with Gasteiger partial charge >= 0.3 is 6.09 Å². The van der Waals surface area contributed by atoms with Gasteiger partial charge in [-0.15, -0.1) is 0 Å². The number of nitrogens with two attached hydrogens (primary N) is 1. The SMILES string of the molecule is CC(C)(C)OC(=O)N1CCN(c2ccccc2/C=C\C(N)=O)CC1. The van der Waals surface area contributed by atoms with Crippen molar-refractivity contribution in [2.45, 2.75) is 26.4 Å². The Kier molecular flexibility index (Phi) is 5.49. The fourth-order valence-electron chi connectivity index (χ4n) is 2.54. The second-order valence-electron chi connectivity index (χ2n) is 6.75. The minimum Gasteiger partial charge on any atom is -0.444 e. The van der Waals surface area contributed by atoms with E-state index in [4.69, 9.17) is 10.5 Å². The first-order chi connectivity index (χ1) is 11.3. The molecule has 0 radical (unpaired) electrons. The third-order valence-electron chi connectivity index (χ3n) is 3.64. The van der Waals surface area contributed by atoms with E-state index in [0.717, 1.165) is 11.3 Å². The third-order valence-corrected chi connectivity index (χ3v) is 3.64. The number of ether oxygens (including phenoxy) is 1. The molecule has 1 heterocycles. The molecule has 130 valence electrons. The number of piperazine rings is 1.